The van der Waals surface area contributed by atoms with Crippen molar-refractivity contribution in [3.05, 3.63) is 57.2 Å². The lowest BCUT2D eigenvalue weighted by Gasteiger charge is -2.15. The quantitative estimate of drug-likeness (QED) is 0.702. The third kappa shape index (κ3) is 3.61. The highest BCUT2D eigenvalue weighted by atomic mass is 35.5. The van der Waals surface area contributed by atoms with E-state index in [0.717, 1.165) is 5.56 Å². The number of carboxylic acid groups (broad SMARTS) is 1. The van der Waals surface area contributed by atoms with Gasteiger partial charge in [-0.2, -0.15) is 0 Å². The van der Waals surface area contributed by atoms with E-state index in [2.05, 4.69) is 0 Å². The van der Waals surface area contributed by atoms with E-state index in [4.69, 9.17) is 30.6 Å². The van der Waals surface area contributed by atoms with E-state index >= 15 is 0 Å². The van der Waals surface area contributed by atoms with E-state index in [0.29, 0.717) is 21.9 Å². The minimum Gasteiger partial charge on any atom is -0.497 e. The second-order valence-electron chi connectivity index (χ2n) is 6.01. The van der Waals surface area contributed by atoms with Crippen molar-refractivity contribution < 1.29 is 23.8 Å². The Morgan fingerprint density at radius 1 is 1.22 bits per heavy atom. The smallest absolute Gasteiger partial charge is 0.344 e. The number of carboxylic acids is 1. The molecule has 0 fully saturated rings. The normalized spacial score (nSPS) is 12.0. The standard InChI is InChI=1S/C20H17ClO6/c1-10-8-16-14(9-15(10)21)17(22)19(26-11(2)20(23)24)18(27-16)12-4-6-13(25-3)7-5-12/h4-9,11H,1-3H3,(H,23,24)/t11-/m1/s1. The molecule has 0 aliphatic carbocycles. The third-order valence-corrected chi connectivity index (χ3v) is 4.53. The van der Waals surface area contributed by atoms with E-state index in [9.17, 15) is 9.59 Å². The molecular formula is C20H17ClO6. The summed E-state index contributed by atoms with van der Waals surface area (Å²) >= 11 is 6.13. The van der Waals surface area contributed by atoms with Crippen molar-refractivity contribution in [3.63, 3.8) is 0 Å². The van der Waals surface area contributed by atoms with Crippen LogP contribution in [0.15, 0.2) is 45.6 Å². The highest BCUT2D eigenvalue weighted by Crippen LogP contribution is 2.34. The highest BCUT2D eigenvalue weighted by Gasteiger charge is 2.23. The Bertz CT molecular complexity index is 1070. The largest absolute Gasteiger partial charge is 0.497 e. The molecular weight excluding hydrogens is 372 g/mol. The van der Waals surface area contributed by atoms with Gasteiger partial charge in [0.1, 0.15) is 11.3 Å². The molecule has 0 saturated heterocycles. The number of rotatable bonds is 5. The van der Waals surface area contributed by atoms with Crippen molar-refractivity contribution in [3.8, 4) is 22.8 Å². The van der Waals surface area contributed by atoms with E-state index in [1.807, 2.05) is 0 Å². The number of carbonyl (C=O) groups is 1. The van der Waals surface area contributed by atoms with Gasteiger partial charge < -0.3 is 19.0 Å². The average Bonchev–Trinajstić information content (AvgIpc) is 2.65. The summed E-state index contributed by atoms with van der Waals surface area (Å²) in [5, 5.41) is 9.79. The molecule has 1 atom stereocenters. The average molecular weight is 389 g/mol. The fourth-order valence-corrected chi connectivity index (χ4v) is 2.73. The Morgan fingerprint density at radius 3 is 2.48 bits per heavy atom. The van der Waals surface area contributed by atoms with Crippen LogP contribution in [0, 0.1) is 6.92 Å². The molecule has 0 bridgehead atoms. The predicted octanol–water partition coefficient (Wildman–Crippen LogP) is 4.28. The van der Waals surface area contributed by atoms with Crippen molar-refractivity contribution >= 4 is 28.5 Å². The van der Waals surface area contributed by atoms with Gasteiger partial charge in [-0.3, -0.25) is 4.79 Å². The van der Waals surface area contributed by atoms with Crippen molar-refractivity contribution in [2.45, 2.75) is 20.0 Å². The minimum atomic E-state index is -1.23. The Kier molecular flexibility index (Phi) is 5.10. The minimum absolute atomic E-state index is 0.143. The fourth-order valence-electron chi connectivity index (χ4n) is 2.57. The summed E-state index contributed by atoms with van der Waals surface area (Å²) in [7, 11) is 1.54. The number of fused-ring (bicyclic) bond motifs is 1. The van der Waals surface area contributed by atoms with Gasteiger partial charge >= 0.3 is 5.97 Å². The molecule has 0 unspecified atom stereocenters. The maximum Gasteiger partial charge on any atom is 0.344 e. The number of aliphatic carboxylic acids is 1. The second kappa shape index (κ2) is 7.32. The molecule has 2 aromatic carbocycles. The molecule has 0 spiro atoms. The lowest BCUT2D eigenvalue weighted by molar-refractivity contribution is -0.144. The predicted molar refractivity (Wildman–Crippen MR) is 102 cm³/mol. The molecule has 3 aromatic rings. The molecule has 3 rings (SSSR count). The van der Waals surface area contributed by atoms with Gasteiger partial charge in [0.25, 0.3) is 0 Å². The maximum absolute atomic E-state index is 13.0. The van der Waals surface area contributed by atoms with Crippen molar-refractivity contribution in [2.75, 3.05) is 7.11 Å². The summed E-state index contributed by atoms with van der Waals surface area (Å²) in [4.78, 5) is 24.2. The SMILES string of the molecule is COc1ccc(-c2oc3cc(C)c(Cl)cc3c(=O)c2O[C@H](C)C(=O)O)cc1. The molecule has 0 amide bonds. The zero-order chi connectivity index (χ0) is 19.7. The molecule has 7 heteroatoms. The van der Waals surface area contributed by atoms with E-state index in [1.165, 1.54) is 13.0 Å². The molecule has 27 heavy (non-hydrogen) atoms. The number of aryl methyl sites for hydroxylation is 1. The van der Waals surface area contributed by atoms with E-state index < -0.39 is 17.5 Å². The summed E-state index contributed by atoms with van der Waals surface area (Å²) in [5.74, 6) is -0.601. The highest BCUT2D eigenvalue weighted by molar-refractivity contribution is 6.32. The Balaban J connectivity index is 2.29. The fraction of sp³-hybridized carbons (Fsp3) is 0.200. The Labute approximate surface area is 159 Å². The van der Waals surface area contributed by atoms with Crippen molar-refractivity contribution in [2.24, 2.45) is 0 Å². The zero-order valence-corrected chi connectivity index (χ0v) is 15.7. The Hall–Kier alpha value is -2.99. The van der Waals surface area contributed by atoms with Crippen LogP contribution in [-0.2, 0) is 4.79 Å². The summed E-state index contributed by atoms with van der Waals surface area (Å²) in [6.45, 7) is 3.14. The van der Waals surface area contributed by atoms with Gasteiger partial charge in [0.15, 0.2) is 11.9 Å². The monoisotopic (exact) mass is 388 g/mol. The molecule has 6 nitrogen and oxygen atoms in total. The van der Waals surface area contributed by atoms with E-state index in [-0.39, 0.29) is 16.9 Å². The van der Waals surface area contributed by atoms with Crippen molar-refractivity contribution in [1.82, 2.24) is 0 Å². The number of hydrogen-bond acceptors (Lipinski definition) is 5. The molecule has 1 N–H and O–H groups in total. The van der Waals surface area contributed by atoms with Gasteiger partial charge in [-0.25, -0.2) is 4.79 Å². The first kappa shape index (κ1) is 18.8. The first-order valence-electron chi connectivity index (χ1n) is 8.12. The molecule has 1 heterocycles. The van der Waals surface area contributed by atoms with Gasteiger partial charge in [-0.1, -0.05) is 11.6 Å². The number of ether oxygens (including phenoxy) is 2. The molecule has 0 aliphatic heterocycles. The van der Waals surface area contributed by atoms with Gasteiger partial charge in [-0.15, -0.1) is 0 Å². The van der Waals surface area contributed by atoms with Crippen LogP contribution in [-0.4, -0.2) is 24.3 Å². The van der Waals surface area contributed by atoms with E-state index in [1.54, 1.807) is 44.4 Å². The second-order valence-corrected chi connectivity index (χ2v) is 6.42. The molecule has 0 aliphatic rings. The van der Waals surface area contributed by atoms with Crippen LogP contribution in [0.4, 0.5) is 0 Å². The molecule has 140 valence electrons. The summed E-state index contributed by atoms with van der Waals surface area (Å²) in [5.41, 5.74) is 1.15. The number of hydrogen-bond donors (Lipinski definition) is 1. The summed E-state index contributed by atoms with van der Waals surface area (Å²) in [6.07, 6.45) is -1.23. The topological polar surface area (TPSA) is 86.0 Å². The van der Waals surface area contributed by atoms with Crippen LogP contribution < -0.4 is 14.9 Å². The number of halogens is 1. The van der Waals surface area contributed by atoms with Gasteiger partial charge in [0, 0.05) is 10.6 Å². The Morgan fingerprint density at radius 2 is 1.89 bits per heavy atom. The number of benzene rings is 2. The van der Waals surface area contributed by atoms with Crippen LogP contribution >= 0.6 is 11.6 Å². The first-order chi connectivity index (χ1) is 12.8. The molecule has 1 aromatic heterocycles. The lowest BCUT2D eigenvalue weighted by Crippen LogP contribution is -2.26. The zero-order valence-electron chi connectivity index (χ0n) is 14.9. The first-order valence-corrected chi connectivity index (χ1v) is 8.50. The van der Waals surface area contributed by atoms with Gasteiger partial charge in [0.05, 0.1) is 12.5 Å². The number of methoxy groups -OCH3 is 1. The van der Waals surface area contributed by atoms with Crippen LogP contribution in [0.5, 0.6) is 11.5 Å². The van der Waals surface area contributed by atoms with Crippen LogP contribution in [0.1, 0.15) is 12.5 Å². The third-order valence-electron chi connectivity index (χ3n) is 4.12. The van der Waals surface area contributed by atoms with Crippen LogP contribution in [0.25, 0.3) is 22.3 Å². The summed E-state index contributed by atoms with van der Waals surface area (Å²) < 4.78 is 16.5. The molecule has 0 radical (unpaired) electrons. The molecule has 0 saturated carbocycles. The summed E-state index contributed by atoms with van der Waals surface area (Å²) in [6, 6.07) is 9.97. The van der Waals surface area contributed by atoms with Gasteiger partial charge in [-0.05, 0) is 55.8 Å². The van der Waals surface area contributed by atoms with Crippen LogP contribution in [0.3, 0.4) is 0 Å². The maximum atomic E-state index is 13.0. The van der Waals surface area contributed by atoms with Crippen molar-refractivity contribution in [1.29, 1.82) is 0 Å². The lowest BCUT2D eigenvalue weighted by atomic mass is 10.1. The van der Waals surface area contributed by atoms with Gasteiger partial charge in [0.2, 0.25) is 11.2 Å². The van der Waals surface area contributed by atoms with Crippen LogP contribution in [0.2, 0.25) is 5.02 Å².